The van der Waals surface area contributed by atoms with Crippen LogP contribution in [0.3, 0.4) is 0 Å². The molecule has 20 heavy (non-hydrogen) atoms. The van der Waals surface area contributed by atoms with Crippen LogP contribution in [0.15, 0.2) is 54.1 Å². The lowest BCUT2D eigenvalue weighted by atomic mass is 9.93. The molecule has 0 amide bonds. The molecule has 0 saturated heterocycles. The van der Waals surface area contributed by atoms with Crippen LogP contribution < -0.4 is 5.73 Å². The first kappa shape index (κ1) is 13.4. The summed E-state index contributed by atoms with van der Waals surface area (Å²) < 4.78 is 0. The first-order valence-corrected chi connectivity index (χ1v) is 7.76. The van der Waals surface area contributed by atoms with Crippen molar-refractivity contribution in [1.29, 1.82) is 0 Å². The predicted molar refractivity (Wildman–Crippen MR) is 86.8 cm³/mol. The van der Waals surface area contributed by atoms with E-state index in [0.29, 0.717) is 0 Å². The first-order valence-electron chi connectivity index (χ1n) is 7.76. The summed E-state index contributed by atoms with van der Waals surface area (Å²) in [5.74, 6) is 0. The van der Waals surface area contributed by atoms with E-state index in [-0.39, 0.29) is 6.04 Å². The predicted octanol–water partition coefficient (Wildman–Crippen LogP) is 4.60. The van der Waals surface area contributed by atoms with Crippen molar-refractivity contribution in [3.8, 4) is 0 Å². The highest BCUT2D eigenvalue weighted by molar-refractivity contribution is 5.85. The Kier molecular flexibility index (Phi) is 4.17. The summed E-state index contributed by atoms with van der Waals surface area (Å²) in [6.45, 7) is 0. The lowest BCUT2D eigenvalue weighted by Gasteiger charge is -2.16. The molecule has 2 aromatic rings. The Labute approximate surface area is 121 Å². The molecule has 0 saturated carbocycles. The van der Waals surface area contributed by atoms with Crippen LogP contribution in [0.1, 0.15) is 37.7 Å². The van der Waals surface area contributed by atoms with E-state index in [9.17, 15) is 0 Å². The molecule has 0 bridgehead atoms. The molecular weight excluding hydrogens is 242 g/mol. The van der Waals surface area contributed by atoms with Crippen LogP contribution in [0.5, 0.6) is 0 Å². The van der Waals surface area contributed by atoms with Crippen LogP contribution in [0.2, 0.25) is 0 Å². The lowest BCUT2D eigenvalue weighted by molar-refractivity contribution is 0.673. The number of nitrogens with two attached hydrogens (primary N) is 1. The SMILES string of the molecule is NC(Cc1cccc2ccccc12)C1=CCCCCC1. The molecule has 1 heteroatoms. The van der Waals surface area contributed by atoms with Crippen LogP contribution in [0.4, 0.5) is 0 Å². The summed E-state index contributed by atoms with van der Waals surface area (Å²) in [5, 5.41) is 2.66. The van der Waals surface area contributed by atoms with Gasteiger partial charge in [-0.05, 0) is 48.4 Å². The van der Waals surface area contributed by atoms with Gasteiger partial charge in [0.25, 0.3) is 0 Å². The highest BCUT2D eigenvalue weighted by Gasteiger charge is 2.13. The molecule has 0 radical (unpaired) electrons. The maximum absolute atomic E-state index is 6.47. The van der Waals surface area contributed by atoms with Gasteiger partial charge in [0.05, 0.1) is 0 Å². The van der Waals surface area contributed by atoms with E-state index in [4.69, 9.17) is 5.73 Å². The Morgan fingerprint density at radius 1 is 0.950 bits per heavy atom. The molecular formula is C19H23N. The van der Waals surface area contributed by atoms with Crippen molar-refractivity contribution in [3.63, 3.8) is 0 Å². The monoisotopic (exact) mass is 265 g/mol. The first-order chi connectivity index (χ1) is 9.84. The van der Waals surface area contributed by atoms with E-state index in [0.717, 1.165) is 6.42 Å². The maximum Gasteiger partial charge on any atom is 0.0294 e. The smallest absolute Gasteiger partial charge is 0.0294 e. The van der Waals surface area contributed by atoms with Crippen molar-refractivity contribution >= 4 is 10.8 Å². The molecule has 104 valence electrons. The third-order valence-electron chi connectivity index (χ3n) is 4.37. The number of fused-ring (bicyclic) bond motifs is 1. The van der Waals surface area contributed by atoms with Crippen molar-refractivity contribution in [3.05, 3.63) is 59.7 Å². The van der Waals surface area contributed by atoms with Crippen LogP contribution in [0.25, 0.3) is 10.8 Å². The third kappa shape index (κ3) is 2.94. The molecule has 0 fully saturated rings. The largest absolute Gasteiger partial charge is 0.324 e. The highest BCUT2D eigenvalue weighted by Crippen LogP contribution is 2.24. The zero-order chi connectivity index (χ0) is 13.8. The number of benzene rings is 2. The van der Waals surface area contributed by atoms with Crippen LogP contribution in [0, 0.1) is 0 Å². The van der Waals surface area contributed by atoms with Gasteiger partial charge in [0.2, 0.25) is 0 Å². The Morgan fingerprint density at radius 2 is 1.80 bits per heavy atom. The van der Waals surface area contributed by atoms with Gasteiger partial charge in [-0.2, -0.15) is 0 Å². The average molecular weight is 265 g/mol. The minimum atomic E-state index is 0.180. The van der Waals surface area contributed by atoms with E-state index in [1.54, 1.807) is 0 Å². The highest BCUT2D eigenvalue weighted by atomic mass is 14.6. The standard InChI is InChI=1S/C19H23N/c20-19(16-9-3-1-2-4-10-16)14-17-12-7-11-15-8-5-6-13-18(15)17/h5-9,11-13,19H,1-4,10,14,20H2. The van der Waals surface area contributed by atoms with Gasteiger partial charge in [-0.25, -0.2) is 0 Å². The topological polar surface area (TPSA) is 26.0 Å². The van der Waals surface area contributed by atoms with Crippen molar-refractivity contribution in [2.45, 2.75) is 44.6 Å². The molecule has 0 heterocycles. The van der Waals surface area contributed by atoms with Gasteiger partial charge in [-0.15, -0.1) is 0 Å². The number of allylic oxidation sites excluding steroid dienone is 1. The molecule has 1 aliphatic carbocycles. The summed E-state index contributed by atoms with van der Waals surface area (Å²) in [5.41, 5.74) is 9.32. The Balaban J connectivity index is 1.83. The summed E-state index contributed by atoms with van der Waals surface area (Å²) in [6, 6.07) is 15.3. The van der Waals surface area contributed by atoms with Crippen LogP contribution in [-0.2, 0) is 6.42 Å². The fourth-order valence-corrected chi connectivity index (χ4v) is 3.22. The Hall–Kier alpha value is -1.60. The second-order valence-electron chi connectivity index (χ2n) is 5.83. The van der Waals surface area contributed by atoms with Crippen LogP contribution in [-0.4, -0.2) is 6.04 Å². The van der Waals surface area contributed by atoms with E-state index in [1.165, 1.54) is 54.0 Å². The summed E-state index contributed by atoms with van der Waals surface area (Å²) in [4.78, 5) is 0. The summed E-state index contributed by atoms with van der Waals surface area (Å²) >= 11 is 0. The molecule has 1 atom stereocenters. The van der Waals surface area contributed by atoms with E-state index in [2.05, 4.69) is 48.5 Å². The second-order valence-corrected chi connectivity index (χ2v) is 5.83. The maximum atomic E-state index is 6.47. The van der Waals surface area contributed by atoms with E-state index in [1.807, 2.05) is 0 Å². The molecule has 1 aliphatic rings. The minimum absolute atomic E-state index is 0.180. The van der Waals surface area contributed by atoms with Gasteiger partial charge in [-0.3, -0.25) is 0 Å². The fraction of sp³-hybridized carbons (Fsp3) is 0.368. The minimum Gasteiger partial charge on any atom is -0.324 e. The van der Waals surface area contributed by atoms with E-state index < -0.39 is 0 Å². The van der Waals surface area contributed by atoms with E-state index >= 15 is 0 Å². The number of hydrogen-bond donors (Lipinski definition) is 1. The molecule has 0 spiro atoms. The summed E-state index contributed by atoms with van der Waals surface area (Å²) in [7, 11) is 0. The van der Waals surface area contributed by atoms with Crippen molar-refractivity contribution in [2.24, 2.45) is 5.73 Å². The van der Waals surface area contributed by atoms with Crippen LogP contribution >= 0.6 is 0 Å². The van der Waals surface area contributed by atoms with Gasteiger partial charge in [0.1, 0.15) is 0 Å². The van der Waals surface area contributed by atoms with Gasteiger partial charge in [0.15, 0.2) is 0 Å². The summed E-state index contributed by atoms with van der Waals surface area (Å²) in [6.07, 6.45) is 9.71. The second kappa shape index (κ2) is 6.23. The molecule has 1 nitrogen and oxygen atoms in total. The third-order valence-corrected chi connectivity index (χ3v) is 4.37. The molecule has 1 unspecified atom stereocenters. The normalized spacial score (nSPS) is 17.6. The Morgan fingerprint density at radius 3 is 2.75 bits per heavy atom. The molecule has 0 aromatic heterocycles. The molecule has 2 aromatic carbocycles. The molecule has 0 aliphatic heterocycles. The zero-order valence-electron chi connectivity index (χ0n) is 12.0. The zero-order valence-corrected chi connectivity index (χ0v) is 12.0. The van der Waals surface area contributed by atoms with Gasteiger partial charge in [-0.1, -0.05) is 60.5 Å². The van der Waals surface area contributed by atoms with Gasteiger partial charge < -0.3 is 5.73 Å². The molecule has 3 rings (SSSR count). The lowest BCUT2D eigenvalue weighted by Crippen LogP contribution is -2.25. The number of hydrogen-bond acceptors (Lipinski definition) is 1. The number of rotatable bonds is 3. The average Bonchev–Trinajstić information content (AvgIpc) is 2.77. The van der Waals surface area contributed by atoms with Gasteiger partial charge in [0, 0.05) is 6.04 Å². The quantitative estimate of drug-likeness (QED) is 0.806. The van der Waals surface area contributed by atoms with Gasteiger partial charge >= 0.3 is 0 Å². The fourth-order valence-electron chi connectivity index (χ4n) is 3.22. The molecule has 2 N–H and O–H groups in total. The van der Waals surface area contributed by atoms with Crippen molar-refractivity contribution < 1.29 is 0 Å². The van der Waals surface area contributed by atoms with Crippen molar-refractivity contribution in [2.75, 3.05) is 0 Å². The van der Waals surface area contributed by atoms with Crippen molar-refractivity contribution in [1.82, 2.24) is 0 Å². The Bertz CT molecular complexity index is 607.